The second kappa shape index (κ2) is 9.15. The van der Waals surface area contributed by atoms with Gasteiger partial charge in [0.1, 0.15) is 11.3 Å². The highest BCUT2D eigenvalue weighted by atomic mass is 32.1. The first kappa shape index (κ1) is 21.5. The molecule has 2 aromatic carbocycles. The summed E-state index contributed by atoms with van der Waals surface area (Å²) in [7, 11) is 3.92. The van der Waals surface area contributed by atoms with E-state index in [2.05, 4.69) is 20.1 Å². The van der Waals surface area contributed by atoms with Gasteiger partial charge in [0.2, 0.25) is 0 Å². The van der Waals surface area contributed by atoms with Gasteiger partial charge in [0.25, 0.3) is 5.91 Å². The van der Waals surface area contributed by atoms with Crippen LogP contribution in [0.2, 0.25) is 0 Å². The largest absolute Gasteiger partial charge is 0.378 e. The maximum absolute atomic E-state index is 13.9. The smallest absolute Gasteiger partial charge is 0.251 e. The summed E-state index contributed by atoms with van der Waals surface area (Å²) in [5, 5.41) is 3.69. The van der Waals surface area contributed by atoms with Crippen LogP contribution in [-0.2, 0) is 0 Å². The van der Waals surface area contributed by atoms with Gasteiger partial charge in [0, 0.05) is 70.7 Å². The van der Waals surface area contributed by atoms with Crippen molar-refractivity contribution >= 4 is 38.3 Å². The Morgan fingerprint density at radius 2 is 1.84 bits per heavy atom. The maximum atomic E-state index is 13.9. The van der Waals surface area contributed by atoms with Crippen molar-refractivity contribution in [3.8, 4) is 0 Å². The van der Waals surface area contributed by atoms with Gasteiger partial charge in [-0.15, -0.1) is 0 Å². The van der Waals surface area contributed by atoms with Crippen molar-refractivity contribution in [3.05, 3.63) is 53.6 Å². The third kappa shape index (κ3) is 4.94. The Labute approximate surface area is 184 Å². The minimum absolute atomic E-state index is 0.0762. The zero-order valence-corrected chi connectivity index (χ0v) is 18.4. The van der Waals surface area contributed by atoms with Crippen LogP contribution in [0.4, 0.5) is 19.6 Å². The standard InChI is InChI=1S/C22H25F2N5OS/c1-27(2)17-5-3-15(4-6-17)21(30)25-7-8-28-9-11-29(12-10-28)22-26-20-18(24)13-16(23)14-19(20)31-22/h3-6,13-14H,7-12H2,1-2H3,(H,25,30). The lowest BCUT2D eigenvalue weighted by Crippen LogP contribution is -2.48. The molecule has 0 bridgehead atoms. The van der Waals surface area contributed by atoms with E-state index in [9.17, 15) is 13.6 Å². The van der Waals surface area contributed by atoms with Gasteiger partial charge in [-0.05, 0) is 30.3 Å². The number of hydrogen-bond acceptors (Lipinski definition) is 6. The summed E-state index contributed by atoms with van der Waals surface area (Å²) < 4.78 is 27.9. The van der Waals surface area contributed by atoms with E-state index < -0.39 is 11.6 Å². The van der Waals surface area contributed by atoms with Crippen LogP contribution in [0, 0.1) is 11.6 Å². The van der Waals surface area contributed by atoms with Crippen LogP contribution >= 0.6 is 11.3 Å². The summed E-state index contributed by atoms with van der Waals surface area (Å²) >= 11 is 1.31. The molecular formula is C22H25F2N5OS. The van der Waals surface area contributed by atoms with Gasteiger partial charge in [0.05, 0.1) is 4.70 Å². The molecule has 0 spiro atoms. The molecular weight excluding hydrogens is 420 g/mol. The number of fused-ring (bicyclic) bond motifs is 1. The van der Waals surface area contributed by atoms with E-state index in [1.165, 1.54) is 17.4 Å². The van der Waals surface area contributed by atoms with Crippen LogP contribution in [0.1, 0.15) is 10.4 Å². The van der Waals surface area contributed by atoms with E-state index in [1.54, 1.807) is 0 Å². The number of amides is 1. The summed E-state index contributed by atoms with van der Waals surface area (Å²) in [6.07, 6.45) is 0. The Balaban J connectivity index is 1.25. The van der Waals surface area contributed by atoms with Gasteiger partial charge in [-0.25, -0.2) is 13.8 Å². The van der Waals surface area contributed by atoms with Gasteiger partial charge >= 0.3 is 0 Å². The number of halogens is 2. The summed E-state index contributed by atoms with van der Waals surface area (Å²) in [5.74, 6) is -1.28. The van der Waals surface area contributed by atoms with Crippen molar-refractivity contribution in [1.82, 2.24) is 15.2 Å². The summed E-state index contributed by atoms with van der Waals surface area (Å²) in [6.45, 7) is 4.48. The number of hydrogen-bond donors (Lipinski definition) is 1. The number of aromatic nitrogens is 1. The van der Waals surface area contributed by atoms with Gasteiger partial charge in [-0.1, -0.05) is 11.3 Å². The molecule has 0 atom stereocenters. The molecule has 0 radical (unpaired) electrons. The lowest BCUT2D eigenvalue weighted by atomic mass is 10.2. The lowest BCUT2D eigenvalue weighted by Gasteiger charge is -2.34. The van der Waals surface area contributed by atoms with Crippen LogP contribution in [0.15, 0.2) is 36.4 Å². The molecule has 1 N–H and O–H groups in total. The Morgan fingerprint density at radius 1 is 1.13 bits per heavy atom. The van der Waals surface area contributed by atoms with Gasteiger partial charge in [0.15, 0.2) is 10.9 Å². The van der Waals surface area contributed by atoms with E-state index in [0.717, 1.165) is 44.5 Å². The summed E-state index contributed by atoms with van der Waals surface area (Å²) in [5.41, 5.74) is 1.93. The lowest BCUT2D eigenvalue weighted by molar-refractivity contribution is 0.0948. The second-order valence-corrected chi connectivity index (χ2v) is 8.77. The SMILES string of the molecule is CN(C)c1ccc(C(=O)NCCN2CCN(c3nc4c(F)cc(F)cc4s3)CC2)cc1. The van der Waals surface area contributed by atoms with Crippen LogP contribution in [0.25, 0.3) is 10.2 Å². The zero-order chi connectivity index (χ0) is 22.0. The average molecular weight is 446 g/mol. The molecule has 1 aliphatic rings. The molecule has 1 aromatic heterocycles. The number of benzene rings is 2. The van der Waals surface area contributed by atoms with Crippen LogP contribution in [0.3, 0.4) is 0 Å². The molecule has 2 heterocycles. The van der Waals surface area contributed by atoms with E-state index in [-0.39, 0.29) is 11.4 Å². The van der Waals surface area contributed by atoms with E-state index in [0.29, 0.717) is 21.9 Å². The highest BCUT2D eigenvalue weighted by Crippen LogP contribution is 2.31. The quantitative estimate of drug-likeness (QED) is 0.632. The second-order valence-electron chi connectivity index (χ2n) is 7.76. The van der Waals surface area contributed by atoms with Crippen molar-refractivity contribution in [3.63, 3.8) is 0 Å². The van der Waals surface area contributed by atoms with Crippen molar-refractivity contribution in [1.29, 1.82) is 0 Å². The van der Waals surface area contributed by atoms with Crippen LogP contribution in [-0.4, -0.2) is 69.2 Å². The Hall–Kier alpha value is -2.78. The fraction of sp³-hybridized carbons (Fsp3) is 0.364. The maximum Gasteiger partial charge on any atom is 0.251 e. The predicted octanol–water partition coefficient (Wildman–Crippen LogP) is 3.19. The molecule has 1 amide bonds. The minimum Gasteiger partial charge on any atom is -0.378 e. The van der Waals surface area contributed by atoms with E-state index in [1.807, 2.05) is 43.3 Å². The fourth-order valence-corrected chi connectivity index (χ4v) is 4.64. The van der Waals surface area contributed by atoms with Gasteiger partial charge in [-0.2, -0.15) is 0 Å². The number of rotatable bonds is 6. The number of carbonyl (C=O) groups is 1. The van der Waals surface area contributed by atoms with Crippen LogP contribution in [0.5, 0.6) is 0 Å². The van der Waals surface area contributed by atoms with E-state index >= 15 is 0 Å². The highest BCUT2D eigenvalue weighted by molar-refractivity contribution is 7.22. The van der Waals surface area contributed by atoms with Gasteiger partial charge in [-0.3, -0.25) is 9.69 Å². The van der Waals surface area contributed by atoms with Crippen LogP contribution < -0.4 is 15.1 Å². The fourth-order valence-electron chi connectivity index (χ4n) is 3.58. The first-order chi connectivity index (χ1) is 14.9. The monoisotopic (exact) mass is 445 g/mol. The zero-order valence-electron chi connectivity index (χ0n) is 17.6. The number of piperazine rings is 1. The van der Waals surface area contributed by atoms with Crippen molar-refractivity contribution < 1.29 is 13.6 Å². The Morgan fingerprint density at radius 3 is 2.52 bits per heavy atom. The number of thiazole rings is 1. The number of carbonyl (C=O) groups excluding carboxylic acids is 1. The number of anilines is 2. The normalized spacial score (nSPS) is 14.8. The molecule has 4 rings (SSSR count). The average Bonchev–Trinajstić information content (AvgIpc) is 3.18. The molecule has 1 aliphatic heterocycles. The number of nitrogens with one attached hydrogen (secondary N) is 1. The first-order valence-electron chi connectivity index (χ1n) is 10.2. The summed E-state index contributed by atoms with van der Waals surface area (Å²) in [4.78, 5) is 23.1. The van der Waals surface area contributed by atoms with Crippen molar-refractivity contribution in [2.45, 2.75) is 0 Å². The van der Waals surface area contributed by atoms with Crippen molar-refractivity contribution in [2.24, 2.45) is 0 Å². The topological polar surface area (TPSA) is 51.7 Å². The molecule has 3 aromatic rings. The van der Waals surface area contributed by atoms with Gasteiger partial charge < -0.3 is 15.1 Å². The third-order valence-electron chi connectivity index (χ3n) is 5.40. The summed E-state index contributed by atoms with van der Waals surface area (Å²) in [6, 6.07) is 9.71. The molecule has 9 heteroatoms. The van der Waals surface area contributed by atoms with Crippen molar-refractivity contribution in [2.75, 3.05) is 63.2 Å². The molecule has 0 aliphatic carbocycles. The molecule has 0 saturated carbocycles. The van der Waals surface area contributed by atoms with E-state index in [4.69, 9.17) is 0 Å². The Bertz CT molecular complexity index is 1060. The highest BCUT2D eigenvalue weighted by Gasteiger charge is 2.21. The molecule has 1 fully saturated rings. The third-order valence-corrected chi connectivity index (χ3v) is 6.47. The molecule has 6 nitrogen and oxygen atoms in total. The number of nitrogens with zero attached hydrogens (tertiary/aromatic N) is 4. The molecule has 164 valence electrons. The molecule has 1 saturated heterocycles. The Kier molecular flexibility index (Phi) is 6.33. The first-order valence-corrected chi connectivity index (χ1v) is 11.0. The molecule has 31 heavy (non-hydrogen) atoms. The molecule has 0 unspecified atom stereocenters. The predicted molar refractivity (Wildman–Crippen MR) is 121 cm³/mol. The minimum atomic E-state index is -0.622.